The van der Waals surface area contributed by atoms with Gasteiger partial charge in [0.2, 0.25) is 0 Å². The molecule has 0 aromatic carbocycles. The van der Waals surface area contributed by atoms with E-state index in [1.807, 2.05) is 0 Å². The van der Waals surface area contributed by atoms with Crippen LogP contribution in [0.4, 0.5) is 0 Å². The molecular formula is C9H13NO3. The lowest BCUT2D eigenvalue weighted by Gasteiger charge is -2.15. The van der Waals surface area contributed by atoms with Crippen LogP contribution in [-0.4, -0.2) is 17.1 Å². The lowest BCUT2D eigenvalue weighted by molar-refractivity contribution is -0.137. The first kappa shape index (κ1) is 9.80. The monoisotopic (exact) mass is 183 g/mol. The Labute approximate surface area is 76.3 Å². The molecule has 0 fully saturated rings. The zero-order valence-electron chi connectivity index (χ0n) is 7.43. The average Bonchev–Trinajstić information content (AvgIpc) is 2.50. The van der Waals surface area contributed by atoms with Crippen LogP contribution in [-0.2, 0) is 4.79 Å². The summed E-state index contributed by atoms with van der Waals surface area (Å²) in [4.78, 5) is 10.5. The maximum Gasteiger partial charge on any atom is 0.304 e. The standard InChI is InChI=1S/C9H13NO3/c1-6(10)7(5-9(11)12)8-3-2-4-13-8/h2-4,6-7H,5,10H2,1H3,(H,11,12)/t6-,7-/m1/s1. The molecule has 0 amide bonds. The Morgan fingerprint density at radius 1 is 1.77 bits per heavy atom. The topological polar surface area (TPSA) is 76.5 Å². The second-order valence-electron chi connectivity index (χ2n) is 3.08. The lowest BCUT2D eigenvalue weighted by Crippen LogP contribution is -2.26. The summed E-state index contributed by atoms with van der Waals surface area (Å²) in [6, 6.07) is 3.26. The molecule has 72 valence electrons. The fourth-order valence-electron chi connectivity index (χ4n) is 1.24. The molecule has 0 saturated carbocycles. The quantitative estimate of drug-likeness (QED) is 0.735. The summed E-state index contributed by atoms with van der Waals surface area (Å²) in [5, 5.41) is 8.63. The van der Waals surface area contributed by atoms with Crippen molar-refractivity contribution in [1.82, 2.24) is 0 Å². The predicted octanol–water partition coefficient (Wildman–Crippen LogP) is 1.19. The number of hydrogen-bond acceptors (Lipinski definition) is 3. The molecule has 4 heteroatoms. The summed E-state index contributed by atoms with van der Waals surface area (Å²) in [5.41, 5.74) is 5.65. The first-order chi connectivity index (χ1) is 6.11. The van der Waals surface area contributed by atoms with Crippen LogP contribution in [0.2, 0.25) is 0 Å². The Bertz CT molecular complexity index is 266. The molecular weight excluding hydrogens is 170 g/mol. The minimum absolute atomic E-state index is 0.00514. The Balaban J connectivity index is 2.74. The van der Waals surface area contributed by atoms with E-state index in [9.17, 15) is 4.79 Å². The van der Waals surface area contributed by atoms with Crippen molar-refractivity contribution in [2.45, 2.75) is 25.3 Å². The van der Waals surface area contributed by atoms with Crippen molar-refractivity contribution in [1.29, 1.82) is 0 Å². The molecule has 4 nitrogen and oxygen atoms in total. The van der Waals surface area contributed by atoms with E-state index in [0.717, 1.165) is 0 Å². The van der Waals surface area contributed by atoms with Crippen LogP contribution in [0.5, 0.6) is 0 Å². The zero-order valence-corrected chi connectivity index (χ0v) is 7.43. The van der Waals surface area contributed by atoms with Gasteiger partial charge in [0.15, 0.2) is 0 Å². The summed E-state index contributed by atoms with van der Waals surface area (Å²) in [5.74, 6) is -0.469. The fourth-order valence-corrected chi connectivity index (χ4v) is 1.24. The molecule has 0 saturated heterocycles. The Kier molecular flexibility index (Phi) is 3.08. The number of carboxylic acid groups (broad SMARTS) is 1. The highest BCUT2D eigenvalue weighted by Crippen LogP contribution is 2.22. The van der Waals surface area contributed by atoms with E-state index in [1.165, 1.54) is 6.26 Å². The number of furan rings is 1. The SMILES string of the molecule is C[C@@H](N)[C@@H](CC(=O)O)c1ccco1. The molecule has 3 N–H and O–H groups in total. The Morgan fingerprint density at radius 2 is 2.46 bits per heavy atom. The second-order valence-corrected chi connectivity index (χ2v) is 3.08. The molecule has 0 spiro atoms. The van der Waals surface area contributed by atoms with E-state index >= 15 is 0 Å². The van der Waals surface area contributed by atoms with E-state index in [0.29, 0.717) is 5.76 Å². The maximum atomic E-state index is 10.5. The van der Waals surface area contributed by atoms with E-state index in [1.54, 1.807) is 19.1 Å². The highest BCUT2D eigenvalue weighted by molar-refractivity contribution is 5.68. The van der Waals surface area contributed by atoms with Crippen molar-refractivity contribution >= 4 is 5.97 Å². The lowest BCUT2D eigenvalue weighted by atomic mass is 9.95. The fraction of sp³-hybridized carbons (Fsp3) is 0.444. The Morgan fingerprint density at radius 3 is 2.85 bits per heavy atom. The van der Waals surface area contributed by atoms with Gasteiger partial charge in [0.1, 0.15) is 5.76 Å². The van der Waals surface area contributed by atoms with Crippen LogP contribution in [0.25, 0.3) is 0 Å². The van der Waals surface area contributed by atoms with Crippen molar-refractivity contribution in [2.75, 3.05) is 0 Å². The van der Waals surface area contributed by atoms with Crippen molar-refractivity contribution in [2.24, 2.45) is 5.73 Å². The number of hydrogen-bond donors (Lipinski definition) is 2. The summed E-state index contributed by atoms with van der Waals surface area (Å²) in [6.07, 6.45) is 1.53. The second kappa shape index (κ2) is 4.09. The van der Waals surface area contributed by atoms with Gasteiger partial charge in [-0.05, 0) is 19.1 Å². The van der Waals surface area contributed by atoms with E-state index in [-0.39, 0.29) is 18.4 Å². The minimum atomic E-state index is -0.862. The van der Waals surface area contributed by atoms with Gasteiger partial charge < -0.3 is 15.3 Å². The van der Waals surface area contributed by atoms with Gasteiger partial charge >= 0.3 is 5.97 Å². The van der Waals surface area contributed by atoms with Crippen molar-refractivity contribution in [3.05, 3.63) is 24.2 Å². The zero-order chi connectivity index (χ0) is 9.84. The third-order valence-electron chi connectivity index (χ3n) is 1.94. The number of carbonyl (C=O) groups is 1. The van der Waals surface area contributed by atoms with E-state index < -0.39 is 5.97 Å². The summed E-state index contributed by atoms with van der Waals surface area (Å²) in [6.45, 7) is 1.77. The molecule has 1 aromatic heterocycles. The van der Waals surface area contributed by atoms with Crippen LogP contribution in [0.15, 0.2) is 22.8 Å². The smallest absolute Gasteiger partial charge is 0.304 e. The summed E-state index contributed by atoms with van der Waals surface area (Å²) < 4.78 is 5.11. The van der Waals surface area contributed by atoms with Gasteiger partial charge in [-0.15, -0.1) is 0 Å². The molecule has 0 bridgehead atoms. The van der Waals surface area contributed by atoms with Gasteiger partial charge in [-0.1, -0.05) is 0 Å². The van der Waals surface area contributed by atoms with Crippen LogP contribution in [0, 0.1) is 0 Å². The van der Waals surface area contributed by atoms with Crippen LogP contribution in [0.1, 0.15) is 25.0 Å². The van der Waals surface area contributed by atoms with Gasteiger partial charge in [0.05, 0.1) is 12.7 Å². The molecule has 1 rings (SSSR count). The molecule has 0 aliphatic carbocycles. The summed E-state index contributed by atoms with van der Waals surface area (Å²) >= 11 is 0. The number of aliphatic carboxylic acids is 1. The third-order valence-corrected chi connectivity index (χ3v) is 1.94. The third kappa shape index (κ3) is 2.59. The number of carboxylic acids is 1. The molecule has 1 heterocycles. The number of rotatable bonds is 4. The number of nitrogens with two attached hydrogens (primary N) is 1. The van der Waals surface area contributed by atoms with Gasteiger partial charge in [-0.2, -0.15) is 0 Å². The van der Waals surface area contributed by atoms with Crippen LogP contribution in [0.3, 0.4) is 0 Å². The van der Waals surface area contributed by atoms with Crippen molar-refractivity contribution in [3.63, 3.8) is 0 Å². The molecule has 2 atom stereocenters. The maximum absolute atomic E-state index is 10.5. The molecule has 0 aliphatic rings. The highest BCUT2D eigenvalue weighted by atomic mass is 16.4. The van der Waals surface area contributed by atoms with E-state index in [4.69, 9.17) is 15.3 Å². The highest BCUT2D eigenvalue weighted by Gasteiger charge is 2.21. The van der Waals surface area contributed by atoms with Crippen molar-refractivity contribution in [3.8, 4) is 0 Å². The van der Waals surface area contributed by atoms with Gasteiger partial charge in [-0.25, -0.2) is 0 Å². The predicted molar refractivity (Wildman–Crippen MR) is 47.4 cm³/mol. The van der Waals surface area contributed by atoms with Gasteiger partial charge in [-0.3, -0.25) is 4.79 Å². The van der Waals surface area contributed by atoms with Crippen LogP contribution < -0.4 is 5.73 Å². The first-order valence-electron chi connectivity index (χ1n) is 4.12. The van der Waals surface area contributed by atoms with Gasteiger partial charge in [0.25, 0.3) is 0 Å². The average molecular weight is 183 g/mol. The van der Waals surface area contributed by atoms with Crippen molar-refractivity contribution < 1.29 is 14.3 Å². The molecule has 0 unspecified atom stereocenters. The normalized spacial score (nSPS) is 15.2. The minimum Gasteiger partial charge on any atom is -0.481 e. The van der Waals surface area contributed by atoms with E-state index in [2.05, 4.69) is 0 Å². The van der Waals surface area contributed by atoms with Crippen LogP contribution >= 0.6 is 0 Å². The summed E-state index contributed by atoms with van der Waals surface area (Å²) in [7, 11) is 0. The molecule has 0 radical (unpaired) electrons. The first-order valence-corrected chi connectivity index (χ1v) is 4.12. The van der Waals surface area contributed by atoms with Gasteiger partial charge in [0, 0.05) is 12.0 Å². The largest absolute Gasteiger partial charge is 0.481 e. The molecule has 1 aromatic rings. The Hall–Kier alpha value is -1.29. The molecule has 0 aliphatic heterocycles. The molecule has 13 heavy (non-hydrogen) atoms.